The number of hydrogen-bond acceptors (Lipinski definition) is 4. The predicted molar refractivity (Wildman–Crippen MR) is 73.7 cm³/mol. The van der Waals surface area contributed by atoms with Crippen molar-refractivity contribution in [3.05, 3.63) is 29.0 Å². The quantitative estimate of drug-likeness (QED) is 0.709. The maximum Gasteiger partial charge on any atom is 0.127 e. The Morgan fingerprint density at radius 2 is 2.17 bits per heavy atom. The minimum absolute atomic E-state index is 0.987. The maximum atomic E-state index is 4.47. The van der Waals surface area contributed by atoms with Gasteiger partial charge in [0.2, 0.25) is 0 Å². The Hall–Kier alpha value is -1.75. The van der Waals surface area contributed by atoms with Gasteiger partial charge in [-0.05, 0) is 25.0 Å². The predicted octanol–water partition coefficient (Wildman–Crippen LogP) is 2.96. The average molecular weight is 258 g/mol. The second-order valence-electron chi connectivity index (χ2n) is 4.23. The fourth-order valence-corrected chi connectivity index (χ4v) is 3.41. The molecule has 18 heavy (non-hydrogen) atoms. The largest absolute Gasteiger partial charge is 0.266 e. The molecular formula is C13H14N4S. The van der Waals surface area contributed by atoms with Crippen LogP contribution in [-0.2, 0) is 13.5 Å². The SMILES string of the molecule is CCc1c(C)sc2ncnc(-c3ccnn3C)c12. The topological polar surface area (TPSA) is 43.6 Å². The monoisotopic (exact) mass is 258 g/mol. The number of hydrogen-bond donors (Lipinski definition) is 0. The molecule has 0 saturated heterocycles. The van der Waals surface area contributed by atoms with E-state index in [0.717, 1.165) is 22.6 Å². The fraction of sp³-hybridized carbons (Fsp3) is 0.308. The van der Waals surface area contributed by atoms with E-state index in [9.17, 15) is 0 Å². The van der Waals surface area contributed by atoms with E-state index < -0.39 is 0 Å². The van der Waals surface area contributed by atoms with Crippen LogP contribution in [-0.4, -0.2) is 19.7 Å². The number of thiophene rings is 1. The molecule has 92 valence electrons. The van der Waals surface area contributed by atoms with E-state index in [1.54, 1.807) is 23.9 Å². The molecule has 0 spiro atoms. The summed E-state index contributed by atoms with van der Waals surface area (Å²) in [6.07, 6.45) is 4.44. The first-order valence-corrected chi connectivity index (χ1v) is 6.75. The van der Waals surface area contributed by atoms with Crippen LogP contribution in [0.5, 0.6) is 0 Å². The Bertz CT molecular complexity index is 711. The molecule has 0 aromatic carbocycles. The lowest BCUT2D eigenvalue weighted by molar-refractivity contribution is 0.774. The zero-order chi connectivity index (χ0) is 12.7. The van der Waals surface area contributed by atoms with Crippen molar-refractivity contribution in [3.63, 3.8) is 0 Å². The smallest absolute Gasteiger partial charge is 0.127 e. The highest BCUT2D eigenvalue weighted by atomic mass is 32.1. The van der Waals surface area contributed by atoms with Crippen LogP contribution in [0.15, 0.2) is 18.6 Å². The van der Waals surface area contributed by atoms with Gasteiger partial charge in [-0.2, -0.15) is 5.10 Å². The molecule has 5 heteroatoms. The Morgan fingerprint density at radius 1 is 1.33 bits per heavy atom. The second kappa shape index (κ2) is 4.17. The molecule has 0 radical (unpaired) electrons. The standard InChI is InChI=1S/C13H14N4S/c1-4-9-8(2)18-13-11(9)12(14-7-15-13)10-5-6-16-17(10)3/h5-7H,4H2,1-3H3. The van der Waals surface area contributed by atoms with Crippen LogP contribution < -0.4 is 0 Å². The molecule has 0 atom stereocenters. The second-order valence-corrected chi connectivity index (χ2v) is 5.44. The van der Waals surface area contributed by atoms with Gasteiger partial charge in [-0.3, -0.25) is 4.68 Å². The highest BCUT2D eigenvalue weighted by Crippen LogP contribution is 2.35. The van der Waals surface area contributed by atoms with Gasteiger partial charge in [-0.1, -0.05) is 6.92 Å². The zero-order valence-corrected chi connectivity index (χ0v) is 11.5. The highest BCUT2D eigenvalue weighted by Gasteiger charge is 2.16. The van der Waals surface area contributed by atoms with E-state index in [1.807, 2.05) is 17.8 Å². The Kier molecular flexibility index (Phi) is 2.63. The van der Waals surface area contributed by atoms with Gasteiger partial charge < -0.3 is 0 Å². The molecule has 3 rings (SSSR count). The van der Waals surface area contributed by atoms with Crippen molar-refractivity contribution in [2.45, 2.75) is 20.3 Å². The summed E-state index contributed by atoms with van der Waals surface area (Å²) < 4.78 is 1.86. The van der Waals surface area contributed by atoms with Gasteiger partial charge in [0.15, 0.2) is 0 Å². The van der Waals surface area contributed by atoms with Crippen LogP contribution in [0, 0.1) is 6.92 Å². The van der Waals surface area contributed by atoms with E-state index in [0.29, 0.717) is 0 Å². The average Bonchev–Trinajstić information content (AvgIpc) is 2.91. The molecule has 0 unspecified atom stereocenters. The van der Waals surface area contributed by atoms with E-state index in [2.05, 4.69) is 28.9 Å². The molecule has 0 aliphatic heterocycles. The van der Waals surface area contributed by atoms with Crippen LogP contribution in [0.4, 0.5) is 0 Å². The van der Waals surface area contributed by atoms with Crippen molar-refractivity contribution in [1.29, 1.82) is 0 Å². The third kappa shape index (κ3) is 1.54. The summed E-state index contributed by atoms with van der Waals surface area (Å²) in [4.78, 5) is 11.3. The first kappa shape index (κ1) is 11.3. The van der Waals surface area contributed by atoms with Crippen molar-refractivity contribution < 1.29 is 0 Å². The minimum Gasteiger partial charge on any atom is -0.266 e. The van der Waals surface area contributed by atoms with E-state index in [1.165, 1.54) is 15.8 Å². The summed E-state index contributed by atoms with van der Waals surface area (Å²) in [6, 6.07) is 1.99. The summed E-state index contributed by atoms with van der Waals surface area (Å²) in [6.45, 7) is 4.33. The van der Waals surface area contributed by atoms with Crippen LogP contribution in [0.25, 0.3) is 21.6 Å². The molecule has 0 amide bonds. The summed E-state index contributed by atoms with van der Waals surface area (Å²) in [7, 11) is 1.94. The Morgan fingerprint density at radius 3 is 2.83 bits per heavy atom. The van der Waals surface area contributed by atoms with E-state index in [4.69, 9.17) is 0 Å². The number of aryl methyl sites for hydroxylation is 3. The molecule has 0 aliphatic carbocycles. The van der Waals surface area contributed by atoms with Crippen molar-refractivity contribution >= 4 is 21.6 Å². The molecule has 3 heterocycles. The highest BCUT2D eigenvalue weighted by molar-refractivity contribution is 7.18. The third-order valence-corrected chi connectivity index (χ3v) is 4.26. The van der Waals surface area contributed by atoms with Gasteiger partial charge in [0.05, 0.1) is 5.69 Å². The molecular weight excluding hydrogens is 244 g/mol. The van der Waals surface area contributed by atoms with E-state index in [-0.39, 0.29) is 0 Å². The number of aromatic nitrogens is 4. The van der Waals surface area contributed by atoms with Crippen LogP contribution in [0.1, 0.15) is 17.4 Å². The van der Waals surface area contributed by atoms with Crippen LogP contribution >= 0.6 is 11.3 Å². The third-order valence-electron chi connectivity index (χ3n) is 3.21. The van der Waals surface area contributed by atoms with Crippen LogP contribution in [0.2, 0.25) is 0 Å². The maximum absolute atomic E-state index is 4.47. The van der Waals surface area contributed by atoms with Gasteiger partial charge in [0.25, 0.3) is 0 Å². The molecule has 4 nitrogen and oxygen atoms in total. The lowest BCUT2D eigenvalue weighted by Crippen LogP contribution is -1.97. The van der Waals surface area contributed by atoms with Crippen molar-refractivity contribution in [2.75, 3.05) is 0 Å². The zero-order valence-electron chi connectivity index (χ0n) is 10.6. The van der Waals surface area contributed by atoms with E-state index >= 15 is 0 Å². The molecule has 0 N–H and O–H groups in total. The lowest BCUT2D eigenvalue weighted by atomic mass is 10.1. The minimum atomic E-state index is 0.987. The molecule has 3 aromatic rings. The summed E-state index contributed by atoms with van der Waals surface area (Å²) in [5.41, 5.74) is 3.38. The number of nitrogens with zero attached hydrogens (tertiary/aromatic N) is 4. The van der Waals surface area contributed by atoms with Gasteiger partial charge in [-0.25, -0.2) is 9.97 Å². The summed E-state index contributed by atoms with van der Waals surface area (Å²) in [5.74, 6) is 0. The Labute approximate surface area is 109 Å². The summed E-state index contributed by atoms with van der Waals surface area (Å²) in [5, 5.41) is 5.41. The van der Waals surface area contributed by atoms with Crippen molar-refractivity contribution in [1.82, 2.24) is 19.7 Å². The lowest BCUT2D eigenvalue weighted by Gasteiger charge is -2.04. The first-order chi connectivity index (χ1) is 8.72. The molecule has 0 saturated carbocycles. The molecule has 0 aliphatic rings. The molecule has 3 aromatic heterocycles. The van der Waals surface area contributed by atoms with Gasteiger partial charge >= 0.3 is 0 Å². The summed E-state index contributed by atoms with van der Waals surface area (Å²) >= 11 is 1.74. The van der Waals surface area contributed by atoms with Crippen molar-refractivity contribution in [2.24, 2.45) is 7.05 Å². The molecule has 0 bridgehead atoms. The van der Waals surface area contributed by atoms with Crippen molar-refractivity contribution in [3.8, 4) is 11.4 Å². The molecule has 0 fully saturated rings. The normalized spacial score (nSPS) is 11.3. The Balaban J connectivity index is 2.39. The first-order valence-electron chi connectivity index (χ1n) is 5.93. The van der Waals surface area contributed by atoms with Gasteiger partial charge in [0, 0.05) is 23.5 Å². The number of rotatable bonds is 2. The fourth-order valence-electron chi connectivity index (χ4n) is 2.33. The van der Waals surface area contributed by atoms with Gasteiger partial charge in [-0.15, -0.1) is 11.3 Å². The van der Waals surface area contributed by atoms with Crippen LogP contribution in [0.3, 0.4) is 0 Å². The number of fused-ring (bicyclic) bond motifs is 1. The van der Waals surface area contributed by atoms with Gasteiger partial charge in [0.1, 0.15) is 16.9 Å².